The van der Waals surface area contributed by atoms with Gasteiger partial charge < -0.3 is 16.0 Å². The van der Waals surface area contributed by atoms with Crippen molar-refractivity contribution >= 4 is 29.9 Å². The molecule has 20 heavy (non-hydrogen) atoms. The third-order valence-electron chi connectivity index (χ3n) is 3.14. The van der Waals surface area contributed by atoms with E-state index in [1.807, 2.05) is 24.3 Å². The van der Waals surface area contributed by atoms with Crippen LogP contribution in [0.4, 0.5) is 5.69 Å². The number of rotatable bonds is 4. The Hall–Kier alpha value is -1.59. The van der Waals surface area contributed by atoms with Gasteiger partial charge in [-0.3, -0.25) is 9.59 Å². The van der Waals surface area contributed by atoms with E-state index >= 15 is 0 Å². The number of hydrogen-bond acceptors (Lipinski definition) is 3. The van der Waals surface area contributed by atoms with Crippen molar-refractivity contribution < 1.29 is 9.59 Å². The zero-order valence-corrected chi connectivity index (χ0v) is 12.3. The highest BCUT2D eigenvalue weighted by molar-refractivity contribution is 5.95. The van der Waals surface area contributed by atoms with Gasteiger partial charge in [-0.15, -0.1) is 12.4 Å². The van der Waals surface area contributed by atoms with Crippen LogP contribution in [0.3, 0.4) is 0 Å². The zero-order chi connectivity index (χ0) is 13.7. The average molecular weight is 298 g/mol. The minimum Gasteiger partial charge on any atom is -0.352 e. The molecule has 0 bridgehead atoms. The molecule has 0 aliphatic carbocycles. The molecular formula is C14H20ClN3O2. The van der Waals surface area contributed by atoms with Crippen LogP contribution >= 0.6 is 12.4 Å². The predicted molar refractivity (Wildman–Crippen MR) is 80.9 cm³/mol. The number of hydrogen-bond donors (Lipinski definition) is 3. The fourth-order valence-electron chi connectivity index (χ4n) is 2.07. The summed E-state index contributed by atoms with van der Waals surface area (Å²) < 4.78 is 0. The molecule has 1 unspecified atom stereocenters. The highest BCUT2D eigenvalue weighted by Gasteiger charge is 2.21. The summed E-state index contributed by atoms with van der Waals surface area (Å²) in [5.74, 6) is -0.0307. The molecule has 1 fully saturated rings. The maximum atomic E-state index is 11.9. The molecule has 0 spiro atoms. The van der Waals surface area contributed by atoms with Gasteiger partial charge >= 0.3 is 0 Å². The Balaban J connectivity index is 0.00000200. The molecule has 110 valence electrons. The molecular weight excluding hydrogens is 278 g/mol. The van der Waals surface area contributed by atoms with E-state index in [0.29, 0.717) is 6.54 Å². The van der Waals surface area contributed by atoms with Crippen molar-refractivity contribution in [2.24, 2.45) is 0 Å². The zero-order valence-electron chi connectivity index (χ0n) is 11.4. The lowest BCUT2D eigenvalue weighted by Crippen LogP contribution is -2.35. The smallest absolute Gasteiger partial charge is 0.241 e. The molecule has 0 aromatic heterocycles. The molecule has 1 aromatic rings. The van der Waals surface area contributed by atoms with Gasteiger partial charge in [-0.25, -0.2) is 0 Å². The van der Waals surface area contributed by atoms with Crippen molar-refractivity contribution in [1.82, 2.24) is 10.6 Å². The van der Waals surface area contributed by atoms with Crippen LogP contribution in [-0.4, -0.2) is 24.4 Å². The van der Waals surface area contributed by atoms with E-state index in [2.05, 4.69) is 16.0 Å². The van der Waals surface area contributed by atoms with Gasteiger partial charge in [0.15, 0.2) is 0 Å². The molecule has 1 saturated heterocycles. The van der Waals surface area contributed by atoms with Gasteiger partial charge in [0, 0.05) is 19.2 Å². The first-order chi connectivity index (χ1) is 9.15. The number of amides is 2. The van der Waals surface area contributed by atoms with Gasteiger partial charge in [-0.2, -0.15) is 0 Å². The fourth-order valence-corrected chi connectivity index (χ4v) is 2.07. The number of halogens is 1. The van der Waals surface area contributed by atoms with Crippen molar-refractivity contribution in [3.05, 3.63) is 29.8 Å². The number of nitrogens with one attached hydrogen (secondary N) is 3. The van der Waals surface area contributed by atoms with Crippen molar-refractivity contribution in [2.75, 3.05) is 11.9 Å². The van der Waals surface area contributed by atoms with E-state index < -0.39 is 0 Å². The maximum absolute atomic E-state index is 11.9. The van der Waals surface area contributed by atoms with E-state index in [-0.39, 0.29) is 30.3 Å². The molecule has 2 amide bonds. The van der Waals surface area contributed by atoms with Crippen LogP contribution in [0.25, 0.3) is 0 Å². The third-order valence-corrected chi connectivity index (χ3v) is 3.14. The van der Waals surface area contributed by atoms with Crippen LogP contribution in [0.5, 0.6) is 0 Å². The topological polar surface area (TPSA) is 70.2 Å². The van der Waals surface area contributed by atoms with Crippen LogP contribution in [0.15, 0.2) is 24.3 Å². The Kier molecular flexibility index (Phi) is 6.48. The molecule has 0 radical (unpaired) electrons. The van der Waals surface area contributed by atoms with Crippen LogP contribution < -0.4 is 16.0 Å². The monoisotopic (exact) mass is 297 g/mol. The van der Waals surface area contributed by atoms with Crippen LogP contribution in [0, 0.1) is 0 Å². The van der Waals surface area contributed by atoms with E-state index in [1.165, 1.54) is 6.92 Å². The molecule has 5 nitrogen and oxygen atoms in total. The first-order valence-corrected chi connectivity index (χ1v) is 6.53. The summed E-state index contributed by atoms with van der Waals surface area (Å²) in [7, 11) is 0. The minimum absolute atomic E-state index is 0. The van der Waals surface area contributed by atoms with Crippen molar-refractivity contribution in [2.45, 2.75) is 32.4 Å². The second-order valence-electron chi connectivity index (χ2n) is 4.74. The summed E-state index contributed by atoms with van der Waals surface area (Å²) in [6.07, 6.45) is 1.94. The summed E-state index contributed by atoms with van der Waals surface area (Å²) in [5, 5.41) is 8.78. The molecule has 1 heterocycles. The van der Waals surface area contributed by atoms with E-state index in [1.54, 1.807) is 0 Å². The number of carbonyl (C=O) groups is 2. The summed E-state index contributed by atoms with van der Waals surface area (Å²) in [5.41, 5.74) is 1.79. The van der Waals surface area contributed by atoms with Crippen molar-refractivity contribution in [3.8, 4) is 0 Å². The molecule has 2 rings (SSSR count). The van der Waals surface area contributed by atoms with Gasteiger partial charge in [-0.1, -0.05) is 12.1 Å². The Labute approximate surface area is 124 Å². The highest BCUT2D eigenvalue weighted by atomic mass is 35.5. The van der Waals surface area contributed by atoms with Gasteiger partial charge in [0.2, 0.25) is 11.8 Å². The second kappa shape index (κ2) is 7.87. The Morgan fingerprint density at radius 3 is 2.55 bits per heavy atom. The minimum atomic E-state index is -0.0703. The lowest BCUT2D eigenvalue weighted by molar-refractivity contribution is -0.119. The van der Waals surface area contributed by atoms with Gasteiger partial charge in [0.25, 0.3) is 0 Å². The fraction of sp³-hybridized carbons (Fsp3) is 0.429. The maximum Gasteiger partial charge on any atom is 0.241 e. The molecule has 1 atom stereocenters. The molecule has 6 heteroatoms. The van der Waals surface area contributed by atoms with E-state index in [0.717, 1.165) is 30.6 Å². The van der Waals surface area contributed by atoms with E-state index in [4.69, 9.17) is 0 Å². The molecule has 3 N–H and O–H groups in total. The normalized spacial score (nSPS) is 17.1. The summed E-state index contributed by atoms with van der Waals surface area (Å²) >= 11 is 0. The van der Waals surface area contributed by atoms with Crippen LogP contribution in [0.1, 0.15) is 25.3 Å². The lowest BCUT2D eigenvalue weighted by atomic mass is 10.2. The highest BCUT2D eigenvalue weighted by Crippen LogP contribution is 2.12. The summed E-state index contributed by atoms with van der Waals surface area (Å²) in [4.78, 5) is 22.7. The van der Waals surface area contributed by atoms with Gasteiger partial charge in [0.1, 0.15) is 0 Å². The SMILES string of the molecule is CC(=O)NCc1ccc(NC(=O)C2CCCN2)cc1.Cl. The second-order valence-corrected chi connectivity index (χ2v) is 4.74. The predicted octanol–water partition coefficient (Wildman–Crippen LogP) is 1.43. The van der Waals surface area contributed by atoms with Gasteiger partial charge in [-0.05, 0) is 37.1 Å². The Bertz CT molecular complexity index is 456. The number of benzene rings is 1. The lowest BCUT2D eigenvalue weighted by Gasteiger charge is -2.11. The van der Waals surface area contributed by atoms with E-state index in [9.17, 15) is 9.59 Å². The quantitative estimate of drug-likeness (QED) is 0.787. The Morgan fingerprint density at radius 1 is 1.30 bits per heavy atom. The number of anilines is 1. The third kappa shape index (κ3) is 4.83. The molecule has 1 aromatic carbocycles. The van der Waals surface area contributed by atoms with Crippen molar-refractivity contribution in [3.63, 3.8) is 0 Å². The van der Waals surface area contributed by atoms with Crippen LogP contribution in [-0.2, 0) is 16.1 Å². The molecule has 1 aliphatic rings. The summed E-state index contributed by atoms with van der Waals surface area (Å²) in [6, 6.07) is 7.42. The number of carbonyl (C=O) groups excluding carboxylic acids is 2. The molecule has 1 aliphatic heterocycles. The van der Waals surface area contributed by atoms with Crippen molar-refractivity contribution in [1.29, 1.82) is 0 Å². The van der Waals surface area contributed by atoms with Gasteiger partial charge in [0.05, 0.1) is 6.04 Å². The average Bonchev–Trinajstić information content (AvgIpc) is 2.92. The van der Waals surface area contributed by atoms with Crippen LogP contribution in [0.2, 0.25) is 0 Å². The first-order valence-electron chi connectivity index (χ1n) is 6.53. The standard InChI is InChI=1S/C14H19N3O2.ClH/c1-10(18)16-9-11-4-6-12(7-5-11)17-14(19)13-3-2-8-15-13;/h4-7,13,15H,2-3,8-9H2,1H3,(H,16,18)(H,17,19);1H. The Morgan fingerprint density at radius 2 is 2.00 bits per heavy atom. The summed E-state index contributed by atoms with van der Waals surface area (Å²) in [6.45, 7) is 2.91. The largest absolute Gasteiger partial charge is 0.352 e. The first kappa shape index (κ1) is 16.5. The molecule has 0 saturated carbocycles.